The van der Waals surface area contributed by atoms with Crippen LogP contribution in [0.15, 0.2) is 0 Å². The molecule has 0 aliphatic carbocycles. The molecule has 0 rings (SSSR count). The van der Waals surface area contributed by atoms with E-state index < -0.39 is 18.1 Å². The van der Waals surface area contributed by atoms with Crippen molar-refractivity contribution < 1.29 is 9.90 Å². The third-order valence-electron chi connectivity index (χ3n) is 1.66. The summed E-state index contributed by atoms with van der Waals surface area (Å²) in [6.45, 7) is 3.99. The minimum atomic E-state index is -1.09. The molecule has 4 N–H and O–H groups in total. The van der Waals surface area contributed by atoms with Crippen molar-refractivity contribution in [3.63, 3.8) is 0 Å². The lowest BCUT2D eigenvalue weighted by Crippen LogP contribution is -2.45. The number of hydrogen-bond acceptors (Lipinski definition) is 3. The third-order valence-corrected chi connectivity index (χ3v) is 1.66. The molecule has 80 valence electrons. The monoisotopic (exact) mass is 210 g/mol. The highest BCUT2D eigenvalue weighted by atomic mass is 35.5. The average molecular weight is 211 g/mol. The summed E-state index contributed by atoms with van der Waals surface area (Å²) in [5.74, 6) is -0.0255. The number of carbonyl (C=O) groups excluding carboxylic acids is 1. The van der Waals surface area contributed by atoms with Crippen LogP contribution in [0.3, 0.4) is 0 Å². The van der Waals surface area contributed by atoms with Crippen molar-refractivity contribution in [3.05, 3.63) is 0 Å². The number of aliphatic hydroxyl groups is 1. The second kappa shape index (κ2) is 7.12. The van der Waals surface area contributed by atoms with Crippen LogP contribution >= 0.6 is 12.4 Å². The molecule has 0 saturated heterocycles. The van der Waals surface area contributed by atoms with Crippen molar-refractivity contribution in [2.24, 2.45) is 11.7 Å². The van der Waals surface area contributed by atoms with Crippen LogP contribution in [0.2, 0.25) is 0 Å². The van der Waals surface area contributed by atoms with Gasteiger partial charge in [-0.2, -0.15) is 0 Å². The minimum Gasteiger partial charge on any atom is -0.382 e. The Morgan fingerprint density at radius 1 is 1.54 bits per heavy atom. The maximum atomic E-state index is 10.9. The molecule has 0 spiro atoms. The van der Waals surface area contributed by atoms with Crippen molar-refractivity contribution in [2.75, 3.05) is 7.05 Å². The first-order valence-corrected chi connectivity index (χ1v) is 4.14. The predicted octanol–water partition coefficient (Wildman–Crippen LogP) is -0.112. The van der Waals surface area contributed by atoms with Crippen LogP contribution in [0.25, 0.3) is 0 Å². The second-order valence-corrected chi connectivity index (χ2v) is 3.35. The molecule has 1 amide bonds. The molecule has 1 unspecified atom stereocenters. The normalized spacial score (nSPS) is 14.6. The molecule has 0 aliphatic heterocycles. The molecule has 0 fully saturated rings. The van der Waals surface area contributed by atoms with Crippen molar-refractivity contribution in [1.29, 1.82) is 0 Å². The van der Waals surface area contributed by atoms with Gasteiger partial charge in [-0.3, -0.25) is 4.79 Å². The van der Waals surface area contributed by atoms with Gasteiger partial charge in [0.1, 0.15) is 6.10 Å². The van der Waals surface area contributed by atoms with Gasteiger partial charge in [0, 0.05) is 13.1 Å². The first kappa shape index (κ1) is 15.2. The number of rotatable bonds is 4. The maximum absolute atomic E-state index is 10.9. The van der Waals surface area contributed by atoms with E-state index in [9.17, 15) is 9.90 Å². The zero-order valence-electron chi connectivity index (χ0n) is 8.28. The second-order valence-electron chi connectivity index (χ2n) is 3.35. The SMILES string of the molecule is CNC(=O)C(O)[C@@H](N)CC(C)C.Cl. The lowest BCUT2D eigenvalue weighted by Gasteiger charge is -2.18. The van der Waals surface area contributed by atoms with Crippen molar-refractivity contribution in [2.45, 2.75) is 32.4 Å². The fourth-order valence-electron chi connectivity index (χ4n) is 1.02. The molecule has 13 heavy (non-hydrogen) atoms. The Bertz CT molecular complexity index is 153. The number of carbonyl (C=O) groups is 1. The van der Waals surface area contributed by atoms with E-state index in [2.05, 4.69) is 5.32 Å². The number of nitrogens with one attached hydrogen (secondary N) is 1. The third kappa shape index (κ3) is 5.85. The van der Waals surface area contributed by atoms with E-state index in [1.54, 1.807) is 0 Å². The van der Waals surface area contributed by atoms with Crippen molar-refractivity contribution in [1.82, 2.24) is 5.32 Å². The summed E-state index contributed by atoms with van der Waals surface area (Å²) in [5.41, 5.74) is 5.58. The quantitative estimate of drug-likeness (QED) is 0.606. The molecule has 0 aromatic heterocycles. The highest BCUT2D eigenvalue weighted by Gasteiger charge is 2.21. The number of nitrogens with two attached hydrogens (primary N) is 1. The number of likely N-dealkylation sites (N-methyl/N-ethyl adjacent to an activating group) is 1. The highest BCUT2D eigenvalue weighted by Crippen LogP contribution is 2.05. The van der Waals surface area contributed by atoms with Crippen LogP contribution in [-0.4, -0.2) is 30.2 Å². The maximum Gasteiger partial charge on any atom is 0.250 e. The number of amides is 1. The van der Waals surface area contributed by atoms with E-state index in [1.165, 1.54) is 7.05 Å². The molecule has 0 aromatic carbocycles. The molecular weight excluding hydrogens is 192 g/mol. The van der Waals surface area contributed by atoms with E-state index in [0.717, 1.165) is 0 Å². The van der Waals surface area contributed by atoms with E-state index >= 15 is 0 Å². The Morgan fingerprint density at radius 3 is 2.31 bits per heavy atom. The average Bonchev–Trinajstić information content (AvgIpc) is 2.00. The van der Waals surface area contributed by atoms with Crippen LogP contribution in [0.4, 0.5) is 0 Å². The molecule has 2 atom stereocenters. The number of hydrogen-bond donors (Lipinski definition) is 3. The number of aliphatic hydroxyl groups excluding tert-OH is 1. The first-order chi connectivity index (χ1) is 5.49. The molecule has 0 aromatic rings. The van der Waals surface area contributed by atoms with Gasteiger partial charge in [0.25, 0.3) is 0 Å². The highest BCUT2D eigenvalue weighted by molar-refractivity contribution is 5.85. The lowest BCUT2D eigenvalue weighted by molar-refractivity contribution is -0.129. The molecule has 5 heteroatoms. The predicted molar refractivity (Wildman–Crippen MR) is 54.8 cm³/mol. The topological polar surface area (TPSA) is 75.3 Å². The molecule has 0 bridgehead atoms. The summed E-state index contributed by atoms with van der Waals surface area (Å²) in [5, 5.41) is 11.6. The standard InChI is InChI=1S/C8H18N2O2.ClH/c1-5(2)4-6(9)7(11)8(12)10-3;/h5-7,11H,4,9H2,1-3H3,(H,10,12);1H/t6-,7?;/m0./s1. The molecule has 0 saturated carbocycles. The van der Waals surface area contributed by atoms with Crippen LogP contribution in [0.5, 0.6) is 0 Å². The largest absolute Gasteiger partial charge is 0.382 e. The van der Waals surface area contributed by atoms with Gasteiger partial charge in [0.2, 0.25) is 5.91 Å². The Morgan fingerprint density at radius 2 is 2.00 bits per heavy atom. The van der Waals surface area contributed by atoms with Crippen molar-refractivity contribution in [3.8, 4) is 0 Å². The zero-order valence-corrected chi connectivity index (χ0v) is 9.10. The molecule has 0 heterocycles. The Labute approximate surface area is 85.3 Å². The van der Waals surface area contributed by atoms with E-state index in [0.29, 0.717) is 12.3 Å². The molecule has 0 radical (unpaired) electrons. The molecule has 4 nitrogen and oxygen atoms in total. The van der Waals surface area contributed by atoms with Crippen LogP contribution in [-0.2, 0) is 4.79 Å². The van der Waals surface area contributed by atoms with E-state index in [1.807, 2.05) is 13.8 Å². The minimum absolute atomic E-state index is 0. The zero-order chi connectivity index (χ0) is 9.72. The first-order valence-electron chi connectivity index (χ1n) is 4.14. The van der Waals surface area contributed by atoms with E-state index in [4.69, 9.17) is 5.73 Å². The van der Waals surface area contributed by atoms with Crippen LogP contribution < -0.4 is 11.1 Å². The summed E-state index contributed by atoms with van der Waals surface area (Å²) < 4.78 is 0. The van der Waals surface area contributed by atoms with Crippen LogP contribution in [0.1, 0.15) is 20.3 Å². The van der Waals surface area contributed by atoms with E-state index in [-0.39, 0.29) is 12.4 Å². The van der Waals surface area contributed by atoms with Crippen molar-refractivity contribution >= 4 is 18.3 Å². The van der Waals surface area contributed by atoms with Gasteiger partial charge in [-0.05, 0) is 12.3 Å². The van der Waals surface area contributed by atoms with Gasteiger partial charge in [-0.1, -0.05) is 13.8 Å². The van der Waals surface area contributed by atoms with Gasteiger partial charge in [-0.25, -0.2) is 0 Å². The lowest BCUT2D eigenvalue weighted by atomic mass is 10.00. The van der Waals surface area contributed by atoms with Gasteiger partial charge < -0.3 is 16.2 Å². The van der Waals surface area contributed by atoms with Gasteiger partial charge >= 0.3 is 0 Å². The Balaban J connectivity index is 0. The fourth-order valence-corrected chi connectivity index (χ4v) is 1.02. The van der Waals surface area contributed by atoms with Gasteiger partial charge in [0.05, 0.1) is 0 Å². The fraction of sp³-hybridized carbons (Fsp3) is 0.875. The summed E-state index contributed by atoms with van der Waals surface area (Å²) in [4.78, 5) is 10.9. The Kier molecular flexibility index (Phi) is 8.30. The van der Waals surface area contributed by atoms with Gasteiger partial charge in [-0.15, -0.1) is 12.4 Å². The van der Waals surface area contributed by atoms with Gasteiger partial charge in [0.15, 0.2) is 0 Å². The van der Waals surface area contributed by atoms with Crippen LogP contribution in [0, 0.1) is 5.92 Å². The molecule has 0 aliphatic rings. The Hall–Kier alpha value is -0.320. The summed E-state index contributed by atoms with van der Waals surface area (Å²) >= 11 is 0. The molecular formula is C8H19ClN2O2. The summed E-state index contributed by atoms with van der Waals surface area (Å²) in [6.07, 6.45) is -0.438. The smallest absolute Gasteiger partial charge is 0.250 e. The summed E-state index contributed by atoms with van der Waals surface area (Å²) in [7, 11) is 1.48. The summed E-state index contributed by atoms with van der Waals surface area (Å²) in [6, 6.07) is -0.468. The number of halogens is 1.